The van der Waals surface area contributed by atoms with Crippen molar-refractivity contribution < 1.29 is 18.7 Å². The van der Waals surface area contributed by atoms with Crippen molar-refractivity contribution in [3.05, 3.63) is 23.7 Å². The first kappa shape index (κ1) is 12.6. The predicted octanol–water partition coefficient (Wildman–Crippen LogP) is 0.0978. The molecule has 2 rings (SSSR count). The van der Waals surface area contributed by atoms with Crippen LogP contribution in [0, 0.1) is 0 Å². The molecule has 0 spiro atoms. The molecule has 98 valence electrons. The van der Waals surface area contributed by atoms with Gasteiger partial charge >= 0.3 is 5.97 Å². The molecule has 1 aromatic heterocycles. The highest BCUT2D eigenvalue weighted by molar-refractivity contribution is 5.87. The summed E-state index contributed by atoms with van der Waals surface area (Å²) in [7, 11) is 3.00. The Bertz CT molecular complexity index is 455. The van der Waals surface area contributed by atoms with Gasteiger partial charge in [0.15, 0.2) is 0 Å². The van der Waals surface area contributed by atoms with Gasteiger partial charge in [-0.2, -0.15) is 0 Å². The molecule has 0 aliphatic carbocycles. The fraction of sp³-hybridized carbons (Fsp3) is 0.500. The van der Waals surface area contributed by atoms with Crippen LogP contribution in [0.4, 0.5) is 0 Å². The van der Waals surface area contributed by atoms with Crippen LogP contribution in [-0.2, 0) is 20.7 Å². The SMILES string of the molecule is CNC1C(=O)N(CC(=O)OC)CCc2ccoc21. The maximum absolute atomic E-state index is 12.3. The number of rotatable bonds is 3. The minimum atomic E-state index is -0.540. The third-order valence-electron chi connectivity index (χ3n) is 3.09. The van der Waals surface area contributed by atoms with E-state index in [1.165, 1.54) is 12.0 Å². The van der Waals surface area contributed by atoms with Crippen LogP contribution in [0.25, 0.3) is 0 Å². The Morgan fingerprint density at radius 3 is 3.11 bits per heavy atom. The van der Waals surface area contributed by atoms with E-state index in [1.807, 2.05) is 6.07 Å². The maximum Gasteiger partial charge on any atom is 0.325 e. The molecule has 1 N–H and O–H groups in total. The number of carbonyl (C=O) groups is 2. The zero-order valence-electron chi connectivity index (χ0n) is 10.4. The first-order chi connectivity index (χ1) is 8.67. The number of ether oxygens (including phenoxy) is 1. The van der Waals surface area contributed by atoms with Gasteiger partial charge in [-0.25, -0.2) is 0 Å². The molecule has 6 heteroatoms. The number of nitrogens with zero attached hydrogens (tertiary/aromatic N) is 1. The minimum absolute atomic E-state index is 0.0300. The molecular weight excluding hydrogens is 236 g/mol. The van der Waals surface area contributed by atoms with Gasteiger partial charge in [-0.1, -0.05) is 0 Å². The number of furan rings is 1. The third kappa shape index (κ3) is 2.24. The van der Waals surface area contributed by atoms with E-state index in [2.05, 4.69) is 10.1 Å². The average Bonchev–Trinajstić information content (AvgIpc) is 2.78. The fourth-order valence-corrected chi connectivity index (χ4v) is 2.10. The van der Waals surface area contributed by atoms with Gasteiger partial charge in [0.05, 0.1) is 13.4 Å². The smallest absolute Gasteiger partial charge is 0.325 e. The number of fused-ring (bicyclic) bond motifs is 1. The number of methoxy groups -OCH3 is 1. The fourth-order valence-electron chi connectivity index (χ4n) is 2.10. The van der Waals surface area contributed by atoms with Gasteiger partial charge in [-0.05, 0) is 25.1 Å². The summed E-state index contributed by atoms with van der Waals surface area (Å²) < 4.78 is 9.96. The minimum Gasteiger partial charge on any atom is -0.468 e. The highest BCUT2D eigenvalue weighted by Crippen LogP contribution is 2.25. The molecule has 0 aromatic carbocycles. The van der Waals surface area contributed by atoms with Gasteiger partial charge in [-0.3, -0.25) is 9.59 Å². The summed E-state index contributed by atoms with van der Waals surface area (Å²) in [5.74, 6) is 0.0446. The van der Waals surface area contributed by atoms with Gasteiger partial charge in [-0.15, -0.1) is 0 Å². The van der Waals surface area contributed by atoms with Gasteiger partial charge in [0.1, 0.15) is 18.3 Å². The molecule has 1 amide bonds. The predicted molar refractivity (Wildman–Crippen MR) is 62.8 cm³/mol. The number of likely N-dealkylation sites (N-methyl/N-ethyl adjacent to an activating group) is 1. The molecule has 0 fully saturated rings. The van der Waals surface area contributed by atoms with Crippen LogP contribution in [0.2, 0.25) is 0 Å². The lowest BCUT2D eigenvalue weighted by Gasteiger charge is -2.22. The Kier molecular flexibility index (Phi) is 3.66. The van der Waals surface area contributed by atoms with E-state index in [4.69, 9.17) is 4.42 Å². The highest BCUT2D eigenvalue weighted by atomic mass is 16.5. The van der Waals surface area contributed by atoms with Gasteiger partial charge in [0, 0.05) is 6.54 Å². The molecule has 1 aromatic rings. The van der Waals surface area contributed by atoms with Crippen LogP contribution in [0.15, 0.2) is 16.7 Å². The molecule has 1 aliphatic rings. The molecule has 6 nitrogen and oxygen atoms in total. The number of amides is 1. The normalized spacial score (nSPS) is 19.3. The lowest BCUT2D eigenvalue weighted by Crippen LogP contribution is -2.42. The summed E-state index contributed by atoms with van der Waals surface area (Å²) in [6, 6.07) is 1.32. The second-order valence-electron chi connectivity index (χ2n) is 4.12. The molecule has 1 unspecified atom stereocenters. The molecule has 0 radical (unpaired) electrons. The maximum atomic E-state index is 12.3. The number of esters is 1. The lowest BCUT2D eigenvalue weighted by atomic mass is 10.1. The summed E-state index contributed by atoms with van der Waals surface area (Å²) in [6.07, 6.45) is 2.25. The van der Waals surface area contributed by atoms with E-state index < -0.39 is 12.0 Å². The van der Waals surface area contributed by atoms with E-state index in [0.29, 0.717) is 18.7 Å². The van der Waals surface area contributed by atoms with Crippen LogP contribution in [0.1, 0.15) is 17.4 Å². The quantitative estimate of drug-likeness (QED) is 0.772. The van der Waals surface area contributed by atoms with Crippen molar-refractivity contribution in [1.29, 1.82) is 0 Å². The van der Waals surface area contributed by atoms with Crippen molar-refractivity contribution >= 4 is 11.9 Å². The molecule has 0 bridgehead atoms. The van der Waals surface area contributed by atoms with Crippen molar-refractivity contribution in [3.63, 3.8) is 0 Å². The van der Waals surface area contributed by atoms with Crippen LogP contribution >= 0.6 is 0 Å². The van der Waals surface area contributed by atoms with E-state index in [9.17, 15) is 9.59 Å². The van der Waals surface area contributed by atoms with Crippen molar-refractivity contribution in [2.75, 3.05) is 27.2 Å². The lowest BCUT2D eigenvalue weighted by molar-refractivity contribution is -0.147. The number of hydrogen-bond acceptors (Lipinski definition) is 5. The Hall–Kier alpha value is -1.82. The zero-order chi connectivity index (χ0) is 13.1. The van der Waals surface area contributed by atoms with Crippen molar-refractivity contribution in [2.24, 2.45) is 0 Å². The van der Waals surface area contributed by atoms with E-state index in [1.54, 1.807) is 13.3 Å². The molecule has 18 heavy (non-hydrogen) atoms. The summed E-state index contributed by atoms with van der Waals surface area (Å²) >= 11 is 0. The Morgan fingerprint density at radius 1 is 1.67 bits per heavy atom. The van der Waals surface area contributed by atoms with E-state index in [-0.39, 0.29) is 12.5 Å². The van der Waals surface area contributed by atoms with Gasteiger partial charge in [0.2, 0.25) is 5.91 Å². The summed E-state index contributed by atoms with van der Waals surface area (Å²) in [4.78, 5) is 25.1. The van der Waals surface area contributed by atoms with Gasteiger partial charge < -0.3 is 19.4 Å². The Balaban J connectivity index is 2.22. The average molecular weight is 252 g/mol. The van der Waals surface area contributed by atoms with Crippen LogP contribution in [-0.4, -0.2) is 44.0 Å². The van der Waals surface area contributed by atoms with Crippen molar-refractivity contribution in [2.45, 2.75) is 12.5 Å². The second kappa shape index (κ2) is 5.22. The van der Waals surface area contributed by atoms with E-state index in [0.717, 1.165) is 5.56 Å². The molecular formula is C12H16N2O4. The van der Waals surface area contributed by atoms with Gasteiger partial charge in [0.25, 0.3) is 0 Å². The second-order valence-corrected chi connectivity index (χ2v) is 4.12. The first-order valence-electron chi connectivity index (χ1n) is 5.76. The first-order valence-corrected chi connectivity index (χ1v) is 5.76. The summed E-state index contributed by atoms with van der Waals surface area (Å²) in [5, 5.41) is 2.92. The number of hydrogen-bond donors (Lipinski definition) is 1. The number of carbonyl (C=O) groups excluding carboxylic acids is 2. The Labute approximate surface area is 105 Å². The molecule has 0 saturated heterocycles. The van der Waals surface area contributed by atoms with Crippen molar-refractivity contribution in [3.8, 4) is 0 Å². The Morgan fingerprint density at radius 2 is 2.44 bits per heavy atom. The van der Waals surface area contributed by atoms with Crippen molar-refractivity contribution in [1.82, 2.24) is 10.2 Å². The topological polar surface area (TPSA) is 71.8 Å². The number of nitrogens with one attached hydrogen (secondary N) is 1. The molecule has 1 atom stereocenters. The largest absolute Gasteiger partial charge is 0.468 e. The highest BCUT2D eigenvalue weighted by Gasteiger charge is 2.33. The zero-order valence-corrected chi connectivity index (χ0v) is 10.4. The monoisotopic (exact) mass is 252 g/mol. The standard InChI is InChI=1S/C12H16N2O4/c1-13-10-11-8(4-6-18-11)3-5-14(12(10)16)7-9(15)17-2/h4,6,10,13H,3,5,7H2,1-2H3. The molecule has 0 saturated carbocycles. The van der Waals surface area contributed by atoms with E-state index >= 15 is 0 Å². The third-order valence-corrected chi connectivity index (χ3v) is 3.09. The van der Waals surface area contributed by atoms with Crippen LogP contribution in [0.3, 0.4) is 0 Å². The van der Waals surface area contributed by atoms with Crippen LogP contribution in [0.5, 0.6) is 0 Å². The summed E-state index contributed by atoms with van der Waals surface area (Å²) in [5.41, 5.74) is 0.995. The summed E-state index contributed by atoms with van der Waals surface area (Å²) in [6.45, 7) is 0.455. The van der Waals surface area contributed by atoms with Crippen LogP contribution < -0.4 is 5.32 Å². The molecule has 1 aliphatic heterocycles. The molecule has 2 heterocycles.